The van der Waals surface area contributed by atoms with Gasteiger partial charge in [0, 0.05) is 38.2 Å². The Hall–Kier alpha value is -1.98. The second kappa shape index (κ2) is 6.39. The van der Waals surface area contributed by atoms with Crippen LogP contribution in [0.5, 0.6) is 0 Å². The van der Waals surface area contributed by atoms with E-state index >= 15 is 0 Å². The fourth-order valence-electron chi connectivity index (χ4n) is 2.67. The number of nitrogens with one attached hydrogen (secondary N) is 1. The number of aromatic amines is 1. The van der Waals surface area contributed by atoms with Gasteiger partial charge in [-0.3, -0.25) is 9.88 Å². The maximum absolute atomic E-state index is 12.7. The van der Waals surface area contributed by atoms with Crippen LogP contribution in [0.2, 0.25) is 0 Å². The second-order valence-electron chi connectivity index (χ2n) is 5.71. The summed E-state index contributed by atoms with van der Waals surface area (Å²) >= 11 is 0. The van der Waals surface area contributed by atoms with Crippen molar-refractivity contribution in [2.24, 2.45) is 0 Å². The number of pyridine rings is 1. The van der Waals surface area contributed by atoms with Gasteiger partial charge in [0.1, 0.15) is 16.4 Å². The molecule has 1 N–H and O–H groups in total. The van der Waals surface area contributed by atoms with Crippen molar-refractivity contribution in [2.75, 3.05) is 26.7 Å². The number of rotatable bonds is 3. The zero-order valence-electron chi connectivity index (χ0n) is 13.2. The average molecular weight is 375 g/mol. The summed E-state index contributed by atoms with van der Waals surface area (Å²) in [5.41, 5.74) is -1.13. The molecule has 0 aliphatic carbocycles. The molecular weight excluding hydrogens is 359 g/mol. The van der Waals surface area contributed by atoms with Crippen LogP contribution in [0.1, 0.15) is 17.6 Å². The number of piperazine rings is 1. The number of alkyl halides is 3. The highest BCUT2D eigenvalue weighted by atomic mass is 32.2. The van der Waals surface area contributed by atoms with Gasteiger partial charge in [0.25, 0.3) is 0 Å². The lowest BCUT2D eigenvalue weighted by Gasteiger charge is -2.37. The quantitative estimate of drug-likeness (QED) is 0.879. The van der Waals surface area contributed by atoms with Gasteiger partial charge in [-0.25, -0.2) is 13.4 Å². The molecule has 0 amide bonds. The molecule has 25 heavy (non-hydrogen) atoms. The number of hydrogen-bond donors (Lipinski definition) is 1. The lowest BCUT2D eigenvalue weighted by molar-refractivity contribution is -0.141. The Morgan fingerprint density at radius 2 is 2.00 bits per heavy atom. The molecule has 2 aromatic heterocycles. The summed E-state index contributed by atoms with van der Waals surface area (Å²) in [6, 6.07) is 1.35. The molecule has 136 valence electrons. The molecule has 0 aromatic carbocycles. The molecule has 1 aliphatic rings. The van der Waals surface area contributed by atoms with Gasteiger partial charge >= 0.3 is 6.18 Å². The molecule has 1 unspecified atom stereocenters. The fraction of sp³-hybridized carbons (Fsp3) is 0.429. The lowest BCUT2D eigenvalue weighted by Crippen LogP contribution is -2.49. The molecule has 3 heterocycles. The number of hydrogen-bond acceptors (Lipinski definition) is 5. The van der Waals surface area contributed by atoms with Crippen molar-refractivity contribution in [2.45, 2.75) is 17.1 Å². The maximum atomic E-state index is 12.7. The van der Waals surface area contributed by atoms with Crippen LogP contribution in [-0.4, -0.2) is 59.3 Å². The summed E-state index contributed by atoms with van der Waals surface area (Å²) in [7, 11) is -2.08. The first-order valence-electron chi connectivity index (χ1n) is 7.42. The van der Waals surface area contributed by atoms with Crippen LogP contribution in [-0.2, 0) is 16.2 Å². The zero-order valence-corrected chi connectivity index (χ0v) is 14.0. The Balaban J connectivity index is 1.84. The molecule has 0 spiro atoms. The Morgan fingerprint density at radius 3 is 2.56 bits per heavy atom. The van der Waals surface area contributed by atoms with E-state index in [2.05, 4.69) is 15.0 Å². The Kier molecular flexibility index (Phi) is 4.56. The second-order valence-corrected chi connectivity index (χ2v) is 7.65. The molecule has 3 rings (SSSR count). The van der Waals surface area contributed by atoms with Crippen molar-refractivity contribution < 1.29 is 21.6 Å². The number of likely N-dealkylation sites (N-methyl/N-ethyl adjacent to an activating group) is 1. The van der Waals surface area contributed by atoms with Crippen molar-refractivity contribution in [3.8, 4) is 0 Å². The first-order chi connectivity index (χ1) is 11.7. The minimum absolute atomic E-state index is 0.146. The fourth-order valence-corrected chi connectivity index (χ4v) is 4.06. The van der Waals surface area contributed by atoms with Crippen molar-refractivity contribution in [1.82, 2.24) is 24.2 Å². The maximum Gasteiger partial charge on any atom is 0.433 e. The predicted molar refractivity (Wildman–Crippen MR) is 82.0 cm³/mol. The van der Waals surface area contributed by atoms with E-state index in [1.54, 1.807) is 12.4 Å². The highest BCUT2D eigenvalue weighted by molar-refractivity contribution is 7.89. The van der Waals surface area contributed by atoms with Crippen LogP contribution in [0.15, 0.2) is 35.6 Å². The van der Waals surface area contributed by atoms with E-state index in [-0.39, 0.29) is 24.0 Å². The Morgan fingerprint density at radius 1 is 1.24 bits per heavy atom. The highest BCUT2D eigenvalue weighted by Gasteiger charge is 2.36. The number of imidazole rings is 1. The number of aromatic nitrogens is 3. The van der Waals surface area contributed by atoms with Crippen molar-refractivity contribution in [3.63, 3.8) is 0 Å². The summed E-state index contributed by atoms with van der Waals surface area (Å²) in [6.45, 7) is 0.850. The normalized spacial score (nSPS) is 20.7. The first kappa shape index (κ1) is 17.8. The molecule has 0 bridgehead atoms. The van der Waals surface area contributed by atoms with E-state index in [1.807, 2.05) is 11.9 Å². The monoisotopic (exact) mass is 375 g/mol. The van der Waals surface area contributed by atoms with Gasteiger partial charge in [-0.2, -0.15) is 17.5 Å². The summed E-state index contributed by atoms with van der Waals surface area (Å²) in [4.78, 5) is 12.1. The van der Waals surface area contributed by atoms with E-state index in [4.69, 9.17) is 0 Å². The molecule has 11 heteroatoms. The van der Waals surface area contributed by atoms with Crippen LogP contribution in [0.3, 0.4) is 0 Å². The smallest absolute Gasteiger partial charge is 0.347 e. The van der Waals surface area contributed by atoms with Gasteiger partial charge in [-0.05, 0) is 19.2 Å². The molecule has 1 fully saturated rings. The standard InChI is InChI=1S/C14H16F3N5O2S/c1-21-6-7-22(9-11(21)13-18-4-5-19-13)25(23,24)10-2-3-12(20-8-10)14(15,16)17/h2-5,8,11H,6-7,9H2,1H3,(H,18,19). The van der Waals surface area contributed by atoms with Gasteiger partial charge < -0.3 is 4.98 Å². The Labute approximate surface area is 142 Å². The third kappa shape index (κ3) is 3.53. The van der Waals surface area contributed by atoms with Crippen LogP contribution < -0.4 is 0 Å². The van der Waals surface area contributed by atoms with Crippen molar-refractivity contribution >= 4 is 10.0 Å². The number of H-pyrrole nitrogens is 1. The largest absolute Gasteiger partial charge is 0.433 e. The van der Waals surface area contributed by atoms with Crippen molar-refractivity contribution in [1.29, 1.82) is 0 Å². The summed E-state index contributed by atoms with van der Waals surface area (Å²) in [5, 5.41) is 0. The highest BCUT2D eigenvalue weighted by Crippen LogP contribution is 2.29. The minimum atomic E-state index is -4.61. The lowest BCUT2D eigenvalue weighted by atomic mass is 10.2. The topological polar surface area (TPSA) is 82.2 Å². The molecule has 1 atom stereocenters. The molecule has 7 nitrogen and oxygen atoms in total. The van der Waals surface area contributed by atoms with E-state index in [1.165, 1.54) is 4.31 Å². The van der Waals surface area contributed by atoms with Crippen molar-refractivity contribution in [3.05, 3.63) is 42.2 Å². The third-order valence-corrected chi connectivity index (χ3v) is 5.96. The molecule has 1 aliphatic heterocycles. The summed E-state index contributed by atoms with van der Waals surface area (Å²) < 4.78 is 64.4. The van der Waals surface area contributed by atoms with E-state index in [0.29, 0.717) is 18.4 Å². The SMILES string of the molecule is CN1CCN(S(=O)(=O)c2ccc(C(F)(F)F)nc2)CC1c1ncc[nH]1. The molecule has 1 saturated heterocycles. The van der Waals surface area contributed by atoms with E-state index in [9.17, 15) is 21.6 Å². The third-order valence-electron chi connectivity index (χ3n) is 4.11. The van der Waals surface area contributed by atoms with E-state index in [0.717, 1.165) is 12.3 Å². The Bertz CT molecular complexity index is 821. The molecule has 2 aromatic rings. The summed E-state index contributed by atoms with van der Waals surface area (Å²) in [6.07, 6.45) is -0.633. The van der Waals surface area contributed by atoms with Gasteiger partial charge in [-0.15, -0.1) is 0 Å². The summed E-state index contributed by atoms with van der Waals surface area (Å²) in [5.74, 6) is 0.632. The number of nitrogens with zero attached hydrogens (tertiary/aromatic N) is 4. The van der Waals surface area contributed by atoms with Gasteiger partial charge in [-0.1, -0.05) is 0 Å². The molecule has 0 radical (unpaired) electrons. The van der Waals surface area contributed by atoms with Crippen LogP contribution in [0.25, 0.3) is 0 Å². The zero-order chi connectivity index (χ0) is 18.2. The molecular formula is C14H16F3N5O2S. The van der Waals surface area contributed by atoms with E-state index < -0.39 is 21.9 Å². The van der Waals surface area contributed by atoms with Crippen LogP contribution in [0.4, 0.5) is 13.2 Å². The predicted octanol–water partition coefficient (Wildman–Crippen LogP) is 1.50. The number of sulfonamides is 1. The van der Waals surface area contributed by atoms with Gasteiger partial charge in [0.2, 0.25) is 10.0 Å². The minimum Gasteiger partial charge on any atom is -0.347 e. The average Bonchev–Trinajstić information content (AvgIpc) is 3.08. The van der Waals surface area contributed by atoms with Crippen LogP contribution in [0, 0.1) is 0 Å². The molecule has 0 saturated carbocycles. The first-order valence-corrected chi connectivity index (χ1v) is 8.86. The van der Waals surface area contributed by atoms with Gasteiger partial charge in [0.05, 0.1) is 6.04 Å². The van der Waals surface area contributed by atoms with Gasteiger partial charge in [0.15, 0.2) is 0 Å². The number of halogens is 3. The van der Waals surface area contributed by atoms with Crippen LogP contribution >= 0.6 is 0 Å².